The maximum Gasteiger partial charge on any atom is 0.284 e. The Bertz CT molecular complexity index is 925. The number of aromatic nitrogens is 2. The van der Waals surface area contributed by atoms with Crippen molar-refractivity contribution in [1.29, 1.82) is 0 Å². The third kappa shape index (κ3) is 4.07. The van der Waals surface area contributed by atoms with Crippen LogP contribution >= 0.6 is 22.9 Å². The fourth-order valence-corrected chi connectivity index (χ4v) is 5.86. The summed E-state index contributed by atoms with van der Waals surface area (Å²) in [5.74, 6) is 0.00576. The molecule has 0 bridgehead atoms. The van der Waals surface area contributed by atoms with Crippen LogP contribution in [0, 0.1) is 11.3 Å². The molecule has 1 amide bonds. The standard InChI is InChI=1S/C17H24ClN3O3S2/c1-17(2,3)11-5-6-13-14(9-11)25-16-19-12(10-21(13)16)15(22)20-26(23,24)8-4-7-18/h10-11H,4-9H2,1-3H3,(H,20,22). The van der Waals surface area contributed by atoms with Crippen molar-refractivity contribution in [3.8, 4) is 0 Å². The van der Waals surface area contributed by atoms with Gasteiger partial charge in [-0.05, 0) is 37.0 Å². The molecule has 1 aliphatic rings. The number of aryl methyl sites for hydroxylation is 1. The summed E-state index contributed by atoms with van der Waals surface area (Å²) in [6.45, 7) is 6.82. The molecule has 0 fully saturated rings. The predicted octanol–water partition coefficient (Wildman–Crippen LogP) is 3.24. The van der Waals surface area contributed by atoms with Gasteiger partial charge in [-0.1, -0.05) is 20.8 Å². The molecule has 6 nitrogen and oxygen atoms in total. The lowest BCUT2D eigenvalue weighted by molar-refractivity contribution is 0.0977. The lowest BCUT2D eigenvalue weighted by Crippen LogP contribution is -2.32. The molecule has 144 valence electrons. The number of hydrogen-bond acceptors (Lipinski definition) is 5. The summed E-state index contributed by atoms with van der Waals surface area (Å²) >= 11 is 7.11. The third-order valence-corrected chi connectivity index (χ3v) is 7.62. The minimum Gasteiger partial charge on any atom is -0.294 e. The second kappa shape index (κ2) is 7.13. The average Bonchev–Trinajstić information content (AvgIpc) is 3.08. The van der Waals surface area contributed by atoms with E-state index in [0.29, 0.717) is 12.3 Å². The molecule has 1 N–H and O–H groups in total. The number of alkyl halides is 1. The van der Waals surface area contributed by atoms with Crippen molar-refractivity contribution in [1.82, 2.24) is 14.1 Å². The summed E-state index contributed by atoms with van der Waals surface area (Å²) in [6, 6.07) is 0. The molecule has 0 radical (unpaired) electrons. The van der Waals surface area contributed by atoms with Gasteiger partial charge in [-0.15, -0.1) is 22.9 Å². The quantitative estimate of drug-likeness (QED) is 0.757. The molecule has 2 heterocycles. The van der Waals surface area contributed by atoms with Crippen LogP contribution in [-0.2, 0) is 22.9 Å². The first-order chi connectivity index (χ1) is 12.1. The van der Waals surface area contributed by atoms with E-state index in [4.69, 9.17) is 11.6 Å². The molecule has 0 spiro atoms. The van der Waals surface area contributed by atoms with Gasteiger partial charge in [0.05, 0.1) is 5.75 Å². The Labute approximate surface area is 163 Å². The zero-order valence-corrected chi connectivity index (χ0v) is 17.6. The third-order valence-electron chi connectivity index (χ3n) is 4.91. The Balaban J connectivity index is 1.80. The van der Waals surface area contributed by atoms with E-state index in [9.17, 15) is 13.2 Å². The largest absolute Gasteiger partial charge is 0.294 e. The van der Waals surface area contributed by atoms with E-state index < -0.39 is 15.9 Å². The first-order valence-electron chi connectivity index (χ1n) is 8.71. The Morgan fingerprint density at radius 3 is 2.85 bits per heavy atom. The molecule has 1 atom stereocenters. The lowest BCUT2D eigenvalue weighted by Gasteiger charge is -2.33. The van der Waals surface area contributed by atoms with Gasteiger partial charge in [0.1, 0.15) is 5.69 Å². The number of halogens is 1. The van der Waals surface area contributed by atoms with Crippen molar-refractivity contribution in [2.45, 2.75) is 46.5 Å². The molecular formula is C17H24ClN3O3S2. The summed E-state index contributed by atoms with van der Waals surface area (Å²) in [6.07, 6.45) is 5.03. The zero-order valence-electron chi connectivity index (χ0n) is 15.2. The fraction of sp³-hybridized carbons (Fsp3) is 0.647. The van der Waals surface area contributed by atoms with Crippen molar-refractivity contribution in [3.63, 3.8) is 0 Å². The zero-order chi connectivity index (χ0) is 19.1. The molecule has 9 heteroatoms. The number of carbonyl (C=O) groups excluding carboxylic acids is 1. The second-order valence-electron chi connectivity index (χ2n) is 7.85. The number of hydrogen-bond donors (Lipinski definition) is 1. The van der Waals surface area contributed by atoms with Crippen LogP contribution in [0.2, 0.25) is 0 Å². The molecule has 1 aliphatic carbocycles. The normalized spacial score (nSPS) is 18.1. The van der Waals surface area contributed by atoms with Crippen LogP contribution in [0.1, 0.15) is 54.7 Å². The first kappa shape index (κ1) is 19.6. The fourth-order valence-electron chi connectivity index (χ4n) is 3.33. The summed E-state index contributed by atoms with van der Waals surface area (Å²) in [7, 11) is -3.68. The van der Waals surface area contributed by atoms with Gasteiger partial charge in [0.2, 0.25) is 10.0 Å². The molecule has 0 aromatic carbocycles. The van der Waals surface area contributed by atoms with Crippen LogP contribution in [0.3, 0.4) is 0 Å². The van der Waals surface area contributed by atoms with Crippen molar-refractivity contribution in [2.75, 3.05) is 11.6 Å². The molecule has 0 aliphatic heterocycles. The van der Waals surface area contributed by atoms with Gasteiger partial charge >= 0.3 is 0 Å². The molecule has 3 rings (SSSR count). The first-order valence-corrected chi connectivity index (χ1v) is 11.7. The van der Waals surface area contributed by atoms with Gasteiger partial charge in [-0.25, -0.2) is 18.1 Å². The van der Waals surface area contributed by atoms with Gasteiger partial charge in [-0.2, -0.15) is 0 Å². The van der Waals surface area contributed by atoms with Crippen molar-refractivity contribution in [2.24, 2.45) is 11.3 Å². The highest BCUT2D eigenvalue weighted by molar-refractivity contribution is 7.90. The topological polar surface area (TPSA) is 80.5 Å². The van der Waals surface area contributed by atoms with E-state index in [1.54, 1.807) is 17.5 Å². The molecule has 0 saturated carbocycles. The van der Waals surface area contributed by atoms with Crippen LogP contribution in [0.25, 0.3) is 4.96 Å². The smallest absolute Gasteiger partial charge is 0.284 e. The van der Waals surface area contributed by atoms with Crippen LogP contribution in [-0.4, -0.2) is 35.3 Å². The SMILES string of the molecule is CC(C)(C)C1CCc2c(sc3nc(C(=O)NS(=O)(=O)CCCCl)cn23)C1. The summed E-state index contributed by atoms with van der Waals surface area (Å²) < 4.78 is 27.7. The summed E-state index contributed by atoms with van der Waals surface area (Å²) in [4.78, 5) is 18.7. The van der Waals surface area contributed by atoms with Gasteiger partial charge in [-0.3, -0.25) is 9.20 Å². The van der Waals surface area contributed by atoms with Gasteiger partial charge in [0, 0.05) is 22.6 Å². The second-order valence-corrected chi connectivity index (χ2v) is 11.1. The predicted molar refractivity (Wildman–Crippen MR) is 105 cm³/mol. The maximum atomic E-state index is 12.2. The number of carbonyl (C=O) groups is 1. The molecule has 2 aromatic heterocycles. The van der Waals surface area contributed by atoms with E-state index in [0.717, 1.165) is 24.2 Å². The summed E-state index contributed by atoms with van der Waals surface area (Å²) in [5, 5.41) is 0. The van der Waals surface area contributed by atoms with Crippen LogP contribution < -0.4 is 4.72 Å². The summed E-state index contributed by atoms with van der Waals surface area (Å²) in [5.41, 5.74) is 1.60. The molecule has 2 aromatic rings. The molecule has 0 saturated heterocycles. The average molecular weight is 418 g/mol. The van der Waals surface area contributed by atoms with Crippen molar-refractivity contribution in [3.05, 3.63) is 22.5 Å². The molecular weight excluding hydrogens is 394 g/mol. The lowest BCUT2D eigenvalue weighted by atomic mass is 9.73. The van der Waals surface area contributed by atoms with E-state index >= 15 is 0 Å². The number of amides is 1. The number of imidazole rings is 1. The number of sulfonamides is 1. The van der Waals surface area contributed by atoms with E-state index in [1.807, 2.05) is 4.40 Å². The van der Waals surface area contributed by atoms with Crippen molar-refractivity contribution >= 4 is 43.8 Å². The van der Waals surface area contributed by atoms with Crippen LogP contribution in [0.5, 0.6) is 0 Å². The van der Waals surface area contributed by atoms with E-state index in [-0.39, 0.29) is 22.7 Å². The number of fused-ring (bicyclic) bond motifs is 3. The van der Waals surface area contributed by atoms with Gasteiger partial charge < -0.3 is 0 Å². The van der Waals surface area contributed by atoms with E-state index in [1.165, 1.54) is 10.6 Å². The highest BCUT2D eigenvalue weighted by atomic mass is 35.5. The highest BCUT2D eigenvalue weighted by Crippen LogP contribution is 2.40. The molecule has 26 heavy (non-hydrogen) atoms. The van der Waals surface area contributed by atoms with Crippen LogP contribution in [0.4, 0.5) is 0 Å². The van der Waals surface area contributed by atoms with E-state index in [2.05, 4.69) is 30.5 Å². The number of rotatable bonds is 5. The highest BCUT2D eigenvalue weighted by Gasteiger charge is 2.31. The Morgan fingerprint density at radius 1 is 1.46 bits per heavy atom. The van der Waals surface area contributed by atoms with Crippen LogP contribution in [0.15, 0.2) is 6.20 Å². The Kier molecular flexibility index (Phi) is 5.38. The van der Waals surface area contributed by atoms with Gasteiger partial charge in [0.15, 0.2) is 4.96 Å². The monoisotopic (exact) mass is 417 g/mol. The maximum absolute atomic E-state index is 12.2. The Morgan fingerprint density at radius 2 is 2.19 bits per heavy atom. The molecule has 1 unspecified atom stereocenters. The van der Waals surface area contributed by atoms with Gasteiger partial charge in [0.25, 0.3) is 5.91 Å². The minimum absolute atomic E-state index is 0.131. The van der Waals surface area contributed by atoms with Crippen molar-refractivity contribution < 1.29 is 13.2 Å². The minimum atomic E-state index is -3.68. The number of nitrogens with one attached hydrogen (secondary N) is 1. The number of nitrogens with zero attached hydrogens (tertiary/aromatic N) is 2. The Hall–Kier alpha value is -1.12. The number of thiazole rings is 1.